The Morgan fingerprint density at radius 1 is 1.38 bits per heavy atom. The SMILES string of the molecule is CC[PH](C#N)(C#N)CCS(=O)(=O)O. The Bertz CT molecular complexity index is 337. The summed E-state index contributed by atoms with van der Waals surface area (Å²) in [5, 5.41) is 17.4. The van der Waals surface area contributed by atoms with Gasteiger partial charge >= 0.3 is 77.5 Å². The molecule has 74 valence electrons. The molecular weight excluding hydrogens is 211 g/mol. The minimum atomic E-state index is -4.06. The molecule has 0 aromatic rings. The van der Waals surface area contributed by atoms with Crippen molar-refractivity contribution < 1.29 is 13.0 Å². The molecule has 0 aromatic carbocycles. The van der Waals surface area contributed by atoms with Crippen molar-refractivity contribution in [1.82, 2.24) is 0 Å². The van der Waals surface area contributed by atoms with E-state index in [1.54, 1.807) is 6.92 Å². The third kappa shape index (κ3) is 4.19. The third-order valence-electron chi connectivity index (χ3n) is 1.82. The molecule has 0 saturated carbocycles. The van der Waals surface area contributed by atoms with Crippen molar-refractivity contribution in [1.29, 1.82) is 10.5 Å². The summed E-state index contributed by atoms with van der Waals surface area (Å²) in [6.07, 6.45) is 0.366. The fourth-order valence-corrected chi connectivity index (χ4v) is 4.14. The summed E-state index contributed by atoms with van der Waals surface area (Å²) < 4.78 is 29.2. The Kier molecular flexibility index (Phi) is 4.29. The first-order chi connectivity index (χ1) is 5.89. The zero-order valence-corrected chi connectivity index (χ0v) is 9.00. The van der Waals surface area contributed by atoms with Crippen molar-refractivity contribution in [3.05, 3.63) is 0 Å². The molecule has 0 amide bonds. The fourth-order valence-electron chi connectivity index (χ4n) is 0.775. The van der Waals surface area contributed by atoms with E-state index in [0.717, 1.165) is 0 Å². The molecule has 0 rings (SSSR count). The maximum absolute atomic E-state index is 10.4. The second kappa shape index (κ2) is 4.53. The van der Waals surface area contributed by atoms with Gasteiger partial charge in [0.05, 0.1) is 0 Å². The van der Waals surface area contributed by atoms with Crippen molar-refractivity contribution in [3.8, 4) is 11.6 Å². The second-order valence-corrected chi connectivity index (χ2v) is 8.09. The quantitative estimate of drug-likeness (QED) is 0.554. The summed E-state index contributed by atoms with van der Waals surface area (Å²) in [7, 11) is -6.81. The molecule has 0 heterocycles. The van der Waals surface area contributed by atoms with Crippen LogP contribution in [0.3, 0.4) is 0 Å². The Balaban J connectivity index is 4.51. The number of nitriles is 2. The van der Waals surface area contributed by atoms with Gasteiger partial charge in [-0.2, -0.15) is 0 Å². The predicted molar refractivity (Wildman–Crippen MR) is 51.4 cm³/mol. The maximum atomic E-state index is 10.4. The van der Waals surface area contributed by atoms with E-state index in [0.29, 0.717) is 6.16 Å². The van der Waals surface area contributed by atoms with Gasteiger partial charge in [0.1, 0.15) is 0 Å². The van der Waals surface area contributed by atoms with Crippen LogP contribution in [0.2, 0.25) is 0 Å². The summed E-state index contributed by atoms with van der Waals surface area (Å²) in [6, 6.07) is 0. The van der Waals surface area contributed by atoms with E-state index in [-0.39, 0.29) is 6.16 Å². The van der Waals surface area contributed by atoms with Crippen LogP contribution in [0.5, 0.6) is 0 Å². The summed E-state index contributed by atoms with van der Waals surface area (Å²) in [6.45, 7) is 1.68. The van der Waals surface area contributed by atoms with Crippen molar-refractivity contribution >= 4 is 17.4 Å². The molecule has 7 heteroatoms. The predicted octanol–water partition coefficient (Wildman–Crippen LogP) is 0.606. The van der Waals surface area contributed by atoms with Gasteiger partial charge in [-0.25, -0.2) is 0 Å². The average Bonchev–Trinajstić information content (AvgIpc) is 2.06. The van der Waals surface area contributed by atoms with E-state index in [4.69, 9.17) is 15.1 Å². The zero-order chi connectivity index (χ0) is 10.5. The first-order valence-corrected chi connectivity index (χ1v) is 7.69. The normalized spacial score (nSPS) is 12.9. The third-order valence-corrected chi connectivity index (χ3v) is 6.07. The Morgan fingerprint density at radius 3 is 2.08 bits per heavy atom. The molecule has 0 aliphatic rings. The molecule has 0 aliphatic carbocycles. The van der Waals surface area contributed by atoms with Gasteiger partial charge in [0.25, 0.3) is 0 Å². The molecule has 13 heavy (non-hydrogen) atoms. The Hall–Kier alpha value is -0.680. The monoisotopic (exact) mass is 222 g/mol. The van der Waals surface area contributed by atoms with Crippen LogP contribution in [0, 0.1) is 22.1 Å². The Labute approximate surface area is 78.1 Å². The van der Waals surface area contributed by atoms with Gasteiger partial charge in [-0.3, -0.25) is 0 Å². The van der Waals surface area contributed by atoms with Crippen molar-refractivity contribution in [2.24, 2.45) is 0 Å². The van der Waals surface area contributed by atoms with Crippen LogP contribution < -0.4 is 0 Å². The van der Waals surface area contributed by atoms with E-state index < -0.39 is 23.1 Å². The van der Waals surface area contributed by atoms with Crippen LogP contribution in [0.25, 0.3) is 0 Å². The van der Waals surface area contributed by atoms with Crippen molar-refractivity contribution in [2.45, 2.75) is 6.92 Å². The van der Waals surface area contributed by atoms with Gasteiger partial charge in [0, 0.05) is 0 Å². The van der Waals surface area contributed by atoms with Gasteiger partial charge in [0.2, 0.25) is 0 Å². The van der Waals surface area contributed by atoms with Gasteiger partial charge < -0.3 is 0 Å². The second-order valence-electron chi connectivity index (χ2n) is 2.70. The van der Waals surface area contributed by atoms with Gasteiger partial charge in [-0.05, 0) is 0 Å². The topological polar surface area (TPSA) is 102 Å². The molecule has 0 spiro atoms. The fraction of sp³-hybridized carbons (Fsp3) is 0.667. The van der Waals surface area contributed by atoms with E-state index >= 15 is 0 Å². The zero-order valence-electron chi connectivity index (χ0n) is 7.19. The average molecular weight is 222 g/mol. The van der Waals surface area contributed by atoms with Crippen LogP contribution >= 0.6 is 7.26 Å². The van der Waals surface area contributed by atoms with Gasteiger partial charge in [0.15, 0.2) is 0 Å². The molecule has 1 N–H and O–H groups in total. The summed E-state index contributed by atoms with van der Waals surface area (Å²) in [4.78, 5) is 0. The first-order valence-electron chi connectivity index (χ1n) is 3.67. The van der Waals surface area contributed by atoms with Crippen LogP contribution in [0.1, 0.15) is 6.92 Å². The molecule has 0 fully saturated rings. The van der Waals surface area contributed by atoms with E-state index in [9.17, 15) is 8.42 Å². The van der Waals surface area contributed by atoms with Crippen molar-refractivity contribution in [2.75, 3.05) is 18.1 Å². The number of hydrogen-bond donors (Lipinski definition) is 1. The summed E-state index contributed by atoms with van der Waals surface area (Å²) in [5.41, 5.74) is 0. The summed E-state index contributed by atoms with van der Waals surface area (Å²) in [5.74, 6) is 3.29. The molecule has 0 unspecified atom stereocenters. The van der Waals surface area contributed by atoms with Crippen molar-refractivity contribution in [3.63, 3.8) is 0 Å². The van der Waals surface area contributed by atoms with Crippen LogP contribution in [0.15, 0.2) is 0 Å². The molecule has 0 saturated heterocycles. The van der Waals surface area contributed by atoms with E-state index in [1.807, 2.05) is 11.6 Å². The van der Waals surface area contributed by atoms with E-state index in [2.05, 4.69) is 0 Å². The van der Waals surface area contributed by atoms with Gasteiger partial charge in [-0.15, -0.1) is 0 Å². The molecule has 0 aromatic heterocycles. The molecular formula is C6H11N2O3PS. The van der Waals surface area contributed by atoms with Gasteiger partial charge in [-0.1, -0.05) is 0 Å². The molecule has 0 aliphatic heterocycles. The summed E-state index contributed by atoms with van der Waals surface area (Å²) >= 11 is 0. The number of nitrogens with zero attached hydrogens (tertiary/aromatic N) is 2. The molecule has 0 bridgehead atoms. The molecule has 5 nitrogen and oxygen atoms in total. The minimum absolute atomic E-state index is 0.0185. The van der Waals surface area contributed by atoms with Crippen LogP contribution in [-0.2, 0) is 10.1 Å². The van der Waals surface area contributed by atoms with Crippen LogP contribution in [-0.4, -0.2) is 31.0 Å². The number of hydrogen-bond acceptors (Lipinski definition) is 4. The first kappa shape index (κ1) is 12.3. The standard InChI is InChI=1S/C6H11N2O3PS/c1-2-12(5-7,6-8)3-4-13(9,10)11/h12H,2-4H2,1H3,(H,9,10,11). The molecule has 0 radical (unpaired) electrons. The number of rotatable bonds is 4. The Morgan fingerprint density at radius 2 is 1.85 bits per heavy atom. The van der Waals surface area contributed by atoms with E-state index in [1.165, 1.54) is 0 Å². The molecule has 0 atom stereocenters. The van der Waals surface area contributed by atoms with Crippen LogP contribution in [0.4, 0.5) is 0 Å².